The van der Waals surface area contributed by atoms with Gasteiger partial charge >= 0.3 is 0 Å². The van der Waals surface area contributed by atoms with Gasteiger partial charge < -0.3 is 19.2 Å². The van der Waals surface area contributed by atoms with Crippen molar-refractivity contribution in [2.45, 2.75) is 26.4 Å². The average Bonchev–Trinajstić information content (AvgIpc) is 3.32. The van der Waals surface area contributed by atoms with Gasteiger partial charge in [0.1, 0.15) is 16.5 Å². The highest BCUT2D eigenvalue weighted by Gasteiger charge is 2.15. The van der Waals surface area contributed by atoms with Crippen molar-refractivity contribution in [3.05, 3.63) is 52.9 Å². The molecule has 0 radical (unpaired) electrons. The monoisotopic (exact) mass is 342 g/mol. The second-order valence-electron chi connectivity index (χ2n) is 5.76. The molecule has 2 aromatic heterocycles. The highest BCUT2D eigenvalue weighted by Crippen LogP contribution is 2.36. The lowest BCUT2D eigenvalue weighted by molar-refractivity contribution is 0.174. The zero-order valence-corrected chi connectivity index (χ0v) is 14.4. The highest BCUT2D eigenvalue weighted by molar-refractivity contribution is 7.13. The summed E-state index contributed by atoms with van der Waals surface area (Å²) in [6.45, 7) is 5.02. The number of aromatic nitrogens is 1. The van der Waals surface area contributed by atoms with Gasteiger partial charge in [-0.3, -0.25) is 0 Å². The molecule has 1 aliphatic heterocycles. The summed E-state index contributed by atoms with van der Waals surface area (Å²) in [5.41, 5.74) is 2.06. The van der Waals surface area contributed by atoms with E-state index in [-0.39, 0.29) is 12.8 Å². The van der Waals surface area contributed by atoms with Crippen LogP contribution in [0.5, 0.6) is 11.5 Å². The third-order valence-electron chi connectivity index (χ3n) is 3.95. The topological polar surface area (TPSA) is 56.5 Å². The van der Waals surface area contributed by atoms with Crippen LogP contribution in [0.1, 0.15) is 30.2 Å². The van der Waals surface area contributed by atoms with Crippen molar-refractivity contribution in [2.75, 3.05) is 6.79 Å². The summed E-state index contributed by atoms with van der Waals surface area (Å²) in [6.07, 6.45) is 0. The van der Waals surface area contributed by atoms with Crippen molar-refractivity contribution in [3.8, 4) is 22.1 Å². The van der Waals surface area contributed by atoms with Crippen LogP contribution in [-0.4, -0.2) is 11.8 Å². The number of thiazole rings is 1. The SMILES string of the molecule is Cc1ccc(C(C)NCc2csc(-c3ccc4c(c3)OCO4)n2)o1. The predicted molar refractivity (Wildman–Crippen MR) is 92.4 cm³/mol. The molecule has 3 aromatic rings. The van der Waals surface area contributed by atoms with Crippen LogP contribution in [0.3, 0.4) is 0 Å². The average molecular weight is 342 g/mol. The summed E-state index contributed by atoms with van der Waals surface area (Å²) in [7, 11) is 0. The Bertz CT molecular complexity index is 856. The fourth-order valence-corrected chi connectivity index (χ4v) is 3.41. The molecule has 0 bridgehead atoms. The van der Waals surface area contributed by atoms with E-state index >= 15 is 0 Å². The maximum absolute atomic E-state index is 5.64. The van der Waals surface area contributed by atoms with Gasteiger partial charge in [-0.1, -0.05) is 0 Å². The van der Waals surface area contributed by atoms with Gasteiger partial charge in [-0.05, 0) is 44.2 Å². The van der Waals surface area contributed by atoms with Gasteiger partial charge in [0.15, 0.2) is 11.5 Å². The smallest absolute Gasteiger partial charge is 0.231 e. The summed E-state index contributed by atoms with van der Waals surface area (Å²) in [5, 5.41) is 6.50. The number of hydrogen-bond donors (Lipinski definition) is 1. The van der Waals surface area contributed by atoms with Gasteiger partial charge in [0.05, 0.1) is 11.7 Å². The van der Waals surface area contributed by atoms with Crippen LogP contribution in [0.15, 0.2) is 40.1 Å². The molecule has 1 aliphatic rings. The molecular weight excluding hydrogens is 324 g/mol. The fourth-order valence-electron chi connectivity index (χ4n) is 2.59. The number of furan rings is 1. The number of nitrogens with one attached hydrogen (secondary N) is 1. The molecule has 0 saturated heterocycles. The molecule has 1 N–H and O–H groups in total. The summed E-state index contributed by atoms with van der Waals surface area (Å²) < 4.78 is 16.4. The molecule has 1 unspecified atom stereocenters. The number of nitrogens with zero attached hydrogens (tertiary/aromatic N) is 1. The van der Waals surface area contributed by atoms with Crippen molar-refractivity contribution < 1.29 is 13.9 Å². The van der Waals surface area contributed by atoms with E-state index in [0.717, 1.165) is 39.3 Å². The van der Waals surface area contributed by atoms with Crippen LogP contribution in [0.4, 0.5) is 0 Å². The standard InChI is InChI=1S/C18H18N2O3S/c1-11-3-5-15(23-11)12(2)19-8-14-9-24-18(20-14)13-4-6-16-17(7-13)22-10-21-16/h3-7,9,12,19H,8,10H2,1-2H3. The lowest BCUT2D eigenvalue weighted by atomic mass is 10.2. The number of rotatable bonds is 5. The summed E-state index contributed by atoms with van der Waals surface area (Å²) in [4.78, 5) is 4.71. The normalized spacial score (nSPS) is 14.1. The molecule has 4 rings (SSSR count). The third-order valence-corrected chi connectivity index (χ3v) is 4.89. The number of aryl methyl sites for hydroxylation is 1. The van der Waals surface area contributed by atoms with Crippen LogP contribution in [0.25, 0.3) is 10.6 Å². The highest BCUT2D eigenvalue weighted by atomic mass is 32.1. The first-order valence-corrected chi connectivity index (χ1v) is 8.71. The molecular formula is C18H18N2O3S. The molecule has 6 heteroatoms. The second-order valence-corrected chi connectivity index (χ2v) is 6.62. The lowest BCUT2D eigenvalue weighted by Crippen LogP contribution is -2.17. The Morgan fingerprint density at radius 2 is 2.08 bits per heavy atom. The van der Waals surface area contributed by atoms with E-state index in [1.54, 1.807) is 11.3 Å². The second kappa shape index (κ2) is 6.30. The first kappa shape index (κ1) is 15.2. The van der Waals surface area contributed by atoms with Crippen molar-refractivity contribution in [2.24, 2.45) is 0 Å². The third kappa shape index (κ3) is 3.02. The lowest BCUT2D eigenvalue weighted by Gasteiger charge is -2.09. The van der Waals surface area contributed by atoms with Gasteiger partial charge in [0.25, 0.3) is 0 Å². The quantitative estimate of drug-likeness (QED) is 0.749. The van der Waals surface area contributed by atoms with Crippen molar-refractivity contribution in [1.82, 2.24) is 10.3 Å². The van der Waals surface area contributed by atoms with E-state index in [2.05, 4.69) is 17.6 Å². The van der Waals surface area contributed by atoms with Gasteiger partial charge in [0, 0.05) is 17.5 Å². The Balaban J connectivity index is 1.43. The number of ether oxygens (including phenoxy) is 2. The molecule has 124 valence electrons. The maximum atomic E-state index is 5.64. The van der Waals surface area contributed by atoms with Gasteiger partial charge in [-0.2, -0.15) is 0 Å². The van der Waals surface area contributed by atoms with E-state index in [1.807, 2.05) is 37.3 Å². The van der Waals surface area contributed by atoms with Crippen LogP contribution < -0.4 is 14.8 Å². The molecule has 0 amide bonds. The molecule has 3 heterocycles. The minimum Gasteiger partial charge on any atom is -0.465 e. The molecule has 24 heavy (non-hydrogen) atoms. The zero-order valence-electron chi connectivity index (χ0n) is 13.5. The van der Waals surface area contributed by atoms with E-state index in [9.17, 15) is 0 Å². The van der Waals surface area contributed by atoms with E-state index in [1.165, 1.54) is 0 Å². The summed E-state index contributed by atoms with van der Waals surface area (Å²) >= 11 is 1.63. The fraction of sp³-hybridized carbons (Fsp3) is 0.278. The Labute approximate surface area is 144 Å². The van der Waals surface area contributed by atoms with Gasteiger partial charge in [-0.25, -0.2) is 4.98 Å². The molecule has 0 aliphatic carbocycles. The minimum atomic E-state index is 0.148. The molecule has 1 aromatic carbocycles. The van der Waals surface area contributed by atoms with Crippen LogP contribution >= 0.6 is 11.3 Å². The Morgan fingerprint density at radius 1 is 1.21 bits per heavy atom. The molecule has 0 spiro atoms. The van der Waals surface area contributed by atoms with Crippen molar-refractivity contribution in [1.29, 1.82) is 0 Å². The Hall–Kier alpha value is -2.31. The van der Waals surface area contributed by atoms with E-state index in [0.29, 0.717) is 6.54 Å². The molecule has 5 nitrogen and oxygen atoms in total. The van der Waals surface area contributed by atoms with Gasteiger partial charge in [0.2, 0.25) is 6.79 Å². The van der Waals surface area contributed by atoms with Crippen LogP contribution in [-0.2, 0) is 6.54 Å². The van der Waals surface area contributed by atoms with Crippen molar-refractivity contribution >= 4 is 11.3 Å². The van der Waals surface area contributed by atoms with Crippen LogP contribution in [0, 0.1) is 6.92 Å². The molecule has 0 saturated carbocycles. The number of fused-ring (bicyclic) bond motifs is 1. The number of hydrogen-bond acceptors (Lipinski definition) is 6. The first-order valence-electron chi connectivity index (χ1n) is 7.83. The number of benzene rings is 1. The van der Waals surface area contributed by atoms with E-state index < -0.39 is 0 Å². The van der Waals surface area contributed by atoms with Crippen LogP contribution in [0.2, 0.25) is 0 Å². The Kier molecular flexibility index (Phi) is 4.00. The maximum Gasteiger partial charge on any atom is 0.231 e. The molecule has 1 atom stereocenters. The largest absolute Gasteiger partial charge is 0.465 e. The Morgan fingerprint density at radius 3 is 2.92 bits per heavy atom. The first-order chi connectivity index (χ1) is 11.7. The summed E-state index contributed by atoms with van der Waals surface area (Å²) in [5.74, 6) is 3.44. The van der Waals surface area contributed by atoms with Gasteiger partial charge in [-0.15, -0.1) is 11.3 Å². The summed E-state index contributed by atoms with van der Waals surface area (Å²) in [6, 6.07) is 10.1. The molecule has 0 fully saturated rings. The van der Waals surface area contributed by atoms with Crippen molar-refractivity contribution in [3.63, 3.8) is 0 Å². The predicted octanol–water partition coefficient (Wildman–Crippen LogP) is 4.29. The van der Waals surface area contributed by atoms with E-state index in [4.69, 9.17) is 18.9 Å². The minimum absolute atomic E-state index is 0.148. The zero-order chi connectivity index (χ0) is 16.5.